The zero-order valence-corrected chi connectivity index (χ0v) is 17.5. The van der Waals surface area contributed by atoms with Crippen molar-refractivity contribution >= 4 is 15.9 Å². The smallest absolute Gasteiger partial charge is 0.248 e. The molecule has 4 rings (SSSR count). The van der Waals surface area contributed by atoms with E-state index < -0.39 is 10.0 Å². The SMILES string of the molecule is Cc1noc(C(C)NC(=O)C2CCN(S(=O)(=O)c3ccc4c(c3)CCC4)CC2)n1. The summed E-state index contributed by atoms with van der Waals surface area (Å²) < 4.78 is 32.6. The van der Waals surface area contributed by atoms with Crippen LogP contribution >= 0.6 is 0 Å². The molecule has 1 fully saturated rings. The van der Waals surface area contributed by atoms with Gasteiger partial charge >= 0.3 is 0 Å². The number of aromatic nitrogens is 2. The Morgan fingerprint density at radius 3 is 2.66 bits per heavy atom. The fourth-order valence-corrected chi connectivity index (χ4v) is 5.62. The number of benzene rings is 1. The maximum atomic E-state index is 13.0. The van der Waals surface area contributed by atoms with E-state index in [0.717, 1.165) is 24.8 Å². The Labute approximate surface area is 170 Å². The molecule has 0 bridgehead atoms. The molecule has 1 aliphatic heterocycles. The molecular formula is C20H26N4O4S. The van der Waals surface area contributed by atoms with Crippen molar-refractivity contribution < 1.29 is 17.7 Å². The number of amides is 1. The monoisotopic (exact) mass is 418 g/mol. The van der Waals surface area contributed by atoms with Crippen LogP contribution in [-0.2, 0) is 27.7 Å². The number of nitrogens with zero attached hydrogens (tertiary/aromatic N) is 3. The fraction of sp³-hybridized carbons (Fsp3) is 0.550. The van der Waals surface area contributed by atoms with Crippen LogP contribution in [0.15, 0.2) is 27.6 Å². The summed E-state index contributed by atoms with van der Waals surface area (Å²) >= 11 is 0. The molecule has 1 aromatic heterocycles. The van der Waals surface area contributed by atoms with Crippen molar-refractivity contribution in [3.05, 3.63) is 41.0 Å². The average molecular weight is 419 g/mol. The third-order valence-electron chi connectivity index (χ3n) is 5.80. The minimum atomic E-state index is -3.53. The molecule has 156 valence electrons. The van der Waals surface area contributed by atoms with Crippen LogP contribution in [0.3, 0.4) is 0 Å². The molecule has 1 N–H and O–H groups in total. The number of nitrogens with one attached hydrogen (secondary N) is 1. The van der Waals surface area contributed by atoms with E-state index in [-0.39, 0.29) is 17.9 Å². The third kappa shape index (κ3) is 4.06. The number of carbonyl (C=O) groups is 1. The highest BCUT2D eigenvalue weighted by atomic mass is 32.2. The molecule has 9 heteroatoms. The van der Waals surface area contributed by atoms with Crippen LogP contribution in [0.2, 0.25) is 0 Å². The molecule has 0 radical (unpaired) electrons. The highest BCUT2D eigenvalue weighted by molar-refractivity contribution is 7.89. The van der Waals surface area contributed by atoms with Gasteiger partial charge in [-0.1, -0.05) is 11.2 Å². The van der Waals surface area contributed by atoms with Gasteiger partial charge in [-0.15, -0.1) is 0 Å². The number of piperidine rings is 1. The van der Waals surface area contributed by atoms with Crippen molar-refractivity contribution in [2.75, 3.05) is 13.1 Å². The van der Waals surface area contributed by atoms with Crippen LogP contribution < -0.4 is 5.32 Å². The van der Waals surface area contributed by atoms with Crippen molar-refractivity contribution in [1.29, 1.82) is 0 Å². The first-order valence-corrected chi connectivity index (χ1v) is 11.5. The van der Waals surface area contributed by atoms with E-state index in [1.54, 1.807) is 19.9 Å². The topological polar surface area (TPSA) is 105 Å². The molecule has 0 saturated carbocycles. The van der Waals surface area contributed by atoms with E-state index in [4.69, 9.17) is 4.52 Å². The van der Waals surface area contributed by atoms with Crippen molar-refractivity contribution in [1.82, 2.24) is 19.8 Å². The van der Waals surface area contributed by atoms with Crippen molar-refractivity contribution in [3.63, 3.8) is 0 Å². The van der Waals surface area contributed by atoms with Gasteiger partial charge in [-0.2, -0.15) is 9.29 Å². The summed E-state index contributed by atoms with van der Waals surface area (Å²) in [4.78, 5) is 17.1. The summed E-state index contributed by atoms with van der Waals surface area (Å²) in [6, 6.07) is 5.10. The first kappa shape index (κ1) is 20.0. The first-order chi connectivity index (χ1) is 13.8. The second-order valence-electron chi connectivity index (χ2n) is 7.87. The molecular weight excluding hydrogens is 392 g/mol. The predicted molar refractivity (Wildman–Crippen MR) is 106 cm³/mol. The number of hydrogen-bond acceptors (Lipinski definition) is 6. The van der Waals surface area contributed by atoms with Gasteiger partial charge in [0.25, 0.3) is 0 Å². The molecule has 1 unspecified atom stereocenters. The molecule has 8 nitrogen and oxygen atoms in total. The molecule has 1 atom stereocenters. The fourth-order valence-electron chi connectivity index (χ4n) is 4.10. The molecule has 1 saturated heterocycles. The predicted octanol–water partition coefficient (Wildman–Crippen LogP) is 2.14. The molecule has 2 aliphatic rings. The van der Waals surface area contributed by atoms with Gasteiger partial charge in [-0.3, -0.25) is 4.79 Å². The molecule has 1 aliphatic carbocycles. The molecule has 29 heavy (non-hydrogen) atoms. The van der Waals surface area contributed by atoms with E-state index in [1.807, 2.05) is 12.1 Å². The van der Waals surface area contributed by atoms with E-state index >= 15 is 0 Å². The number of aryl methyl sites for hydroxylation is 3. The molecule has 1 amide bonds. The Hall–Kier alpha value is -2.26. The van der Waals surface area contributed by atoms with Gasteiger partial charge in [0.05, 0.1) is 4.90 Å². The van der Waals surface area contributed by atoms with Gasteiger partial charge in [-0.25, -0.2) is 8.42 Å². The van der Waals surface area contributed by atoms with Crippen molar-refractivity contribution in [3.8, 4) is 0 Å². The maximum Gasteiger partial charge on any atom is 0.248 e. The van der Waals surface area contributed by atoms with Crippen LogP contribution in [0, 0.1) is 12.8 Å². The summed E-state index contributed by atoms with van der Waals surface area (Å²) in [7, 11) is -3.53. The quantitative estimate of drug-likeness (QED) is 0.798. The lowest BCUT2D eigenvalue weighted by Gasteiger charge is -2.31. The molecule has 2 heterocycles. The van der Waals surface area contributed by atoms with Crippen LogP contribution in [0.1, 0.15) is 55.1 Å². The van der Waals surface area contributed by atoms with Gasteiger partial charge in [0.15, 0.2) is 5.82 Å². The largest absolute Gasteiger partial charge is 0.344 e. The van der Waals surface area contributed by atoms with Gasteiger partial charge in [0, 0.05) is 19.0 Å². The lowest BCUT2D eigenvalue weighted by molar-refractivity contribution is -0.126. The summed E-state index contributed by atoms with van der Waals surface area (Å²) in [6.07, 6.45) is 4.04. The van der Waals surface area contributed by atoms with Crippen molar-refractivity contribution in [2.45, 2.75) is 56.9 Å². The van der Waals surface area contributed by atoms with E-state index in [9.17, 15) is 13.2 Å². The third-order valence-corrected chi connectivity index (χ3v) is 7.70. The number of hydrogen-bond donors (Lipinski definition) is 1. The zero-order chi connectivity index (χ0) is 20.6. The first-order valence-electron chi connectivity index (χ1n) is 10.1. The highest BCUT2D eigenvalue weighted by Gasteiger charge is 2.33. The van der Waals surface area contributed by atoms with Gasteiger partial charge in [0.2, 0.25) is 21.8 Å². The molecule has 1 aromatic carbocycles. The molecule has 0 spiro atoms. The summed E-state index contributed by atoms with van der Waals surface area (Å²) in [5.74, 6) is 0.550. The van der Waals surface area contributed by atoms with Crippen LogP contribution in [0.5, 0.6) is 0 Å². The number of fused-ring (bicyclic) bond motifs is 1. The van der Waals surface area contributed by atoms with Crippen LogP contribution in [0.4, 0.5) is 0 Å². The molecule has 2 aromatic rings. The average Bonchev–Trinajstić information content (AvgIpc) is 3.36. The lowest BCUT2D eigenvalue weighted by atomic mass is 9.97. The van der Waals surface area contributed by atoms with Gasteiger partial charge in [0.1, 0.15) is 6.04 Å². The number of sulfonamides is 1. The minimum Gasteiger partial charge on any atom is -0.344 e. The number of rotatable bonds is 5. The van der Waals surface area contributed by atoms with Gasteiger partial charge < -0.3 is 9.84 Å². The standard InChI is InChI=1S/C20H26N4O4S/c1-13(20-22-14(2)23-28-20)21-19(25)16-8-10-24(11-9-16)29(26,27)18-7-6-15-4-3-5-17(15)12-18/h6-7,12-13,16H,3-5,8-11H2,1-2H3,(H,21,25). The highest BCUT2D eigenvalue weighted by Crippen LogP contribution is 2.28. The van der Waals surface area contributed by atoms with Crippen LogP contribution in [-0.4, -0.2) is 41.9 Å². The van der Waals surface area contributed by atoms with E-state index in [2.05, 4.69) is 15.5 Å². The normalized spacial score (nSPS) is 19.1. The van der Waals surface area contributed by atoms with Crippen molar-refractivity contribution in [2.24, 2.45) is 5.92 Å². The summed E-state index contributed by atoms with van der Waals surface area (Å²) in [6.45, 7) is 4.19. The Balaban J connectivity index is 1.36. The van der Waals surface area contributed by atoms with Gasteiger partial charge in [-0.05, 0) is 69.2 Å². The Bertz CT molecular complexity index is 1010. The Morgan fingerprint density at radius 1 is 1.24 bits per heavy atom. The zero-order valence-electron chi connectivity index (χ0n) is 16.7. The second kappa shape index (κ2) is 7.87. The maximum absolute atomic E-state index is 13.0. The summed E-state index contributed by atoms with van der Waals surface area (Å²) in [5.41, 5.74) is 2.40. The van der Waals surface area contributed by atoms with E-state index in [0.29, 0.717) is 42.5 Å². The Kier molecular flexibility index (Phi) is 5.44. The Morgan fingerprint density at radius 2 is 1.97 bits per heavy atom. The second-order valence-corrected chi connectivity index (χ2v) is 9.81. The van der Waals surface area contributed by atoms with E-state index in [1.165, 1.54) is 9.87 Å². The number of carbonyl (C=O) groups excluding carboxylic acids is 1. The minimum absolute atomic E-state index is 0.108. The summed E-state index contributed by atoms with van der Waals surface area (Å²) in [5, 5.41) is 6.62. The van der Waals surface area contributed by atoms with Crippen LogP contribution in [0.25, 0.3) is 0 Å². The lowest BCUT2D eigenvalue weighted by Crippen LogP contribution is -2.43.